The summed E-state index contributed by atoms with van der Waals surface area (Å²) in [6, 6.07) is 8.24. The van der Waals surface area contributed by atoms with Crippen molar-refractivity contribution in [2.24, 2.45) is 0 Å². The maximum atomic E-state index is 13.1. The standard InChI is InChI=1S/C20H18ClF3N2O5S/c1-31-19(28)14-4-2-13(3-5-14)18(27)25-8-10-26(11-9-25)32(29,30)15-6-7-17(21)16(12-15)20(22,23)24/h2-7,12H,8-11H2,1H3. The lowest BCUT2D eigenvalue weighted by Gasteiger charge is -2.34. The van der Waals surface area contributed by atoms with Crippen molar-refractivity contribution in [2.75, 3.05) is 33.3 Å². The molecule has 0 saturated carbocycles. The topological polar surface area (TPSA) is 84.0 Å². The molecule has 12 heteroatoms. The van der Waals surface area contributed by atoms with Crippen molar-refractivity contribution < 1.29 is 35.9 Å². The van der Waals surface area contributed by atoms with Crippen molar-refractivity contribution in [1.82, 2.24) is 9.21 Å². The van der Waals surface area contributed by atoms with Gasteiger partial charge in [-0.15, -0.1) is 0 Å². The van der Waals surface area contributed by atoms with Crippen molar-refractivity contribution >= 4 is 33.5 Å². The average Bonchev–Trinajstić information content (AvgIpc) is 2.77. The number of methoxy groups -OCH3 is 1. The molecule has 7 nitrogen and oxygen atoms in total. The number of amides is 1. The Morgan fingerprint density at radius 3 is 2.06 bits per heavy atom. The smallest absolute Gasteiger partial charge is 0.417 e. The number of sulfonamides is 1. The van der Waals surface area contributed by atoms with E-state index in [-0.39, 0.29) is 37.6 Å². The number of carbonyl (C=O) groups excluding carboxylic acids is 2. The molecule has 1 amide bonds. The van der Waals surface area contributed by atoms with Crippen LogP contribution in [0.25, 0.3) is 0 Å². The van der Waals surface area contributed by atoms with Gasteiger partial charge in [-0.3, -0.25) is 4.79 Å². The van der Waals surface area contributed by atoms with E-state index in [1.54, 1.807) is 0 Å². The highest BCUT2D eigenvalue weighted by Crippen LogP contribution is 2.36. The minimum Gasteiger partial charge on any atom is -0.465 e. The third-order valence-electron chi connectivity index (χ3n) is 4.96. The monoisotopic (exact) mass is 490 g/mol. The fraction of sp³-hybridized carbons (Fsp3) is 0.300. The third kappa shape index (κ3) is 4.89. The van der Waals surface area contributed by atoms with Crippen LogP contribution in [0.2, 0.25) is 5.02 Å². The van der Waals surface area contributed by atoms with E-state index >= 15 is 0 Å². The van der Waals surface area contributed by atoms with Crippen molar-refractivity contribution in [1.29, 1.82) is 0 Å². The molecule has 0 bridgehead atoms. The molecule has 2 aromatic carbocycles. The Balaban J connectivity index is 1.71. The Morgan fingerprint density at radius 2 is 1.53 bits per heavy atom. The van der Waals surface area contributed by atoms with Gasteiger partial charge in [-0.1, -0.05) is 11.6 Å². The highest BCUT2D eigenvalue weighted by atomic mass is 35.5. The van der Waals surface area contributed by atoms with Gasteiger partial charge < -0.3 is 9.64 Å². The number of hydrogen-bond donors (Lipinski definition) is 0. The summed E-state index contributed by atoms with van der Waals surface area (Å²) in [5.74, 6) is -0.900. The lowest BCUT2D eigenvalue weighted by molar-refractivity contribution is -0.137. The highest BCUT2D eigenvalue weighted by molar-refractivity contribution is 7.89. The molecule has 2 aromatic rings. The minimum absolute atomic E-state index is 0.0521. The molecule has 1 aliphatic heterocycles. The lowest BCUT2D eigenvalue weighted by Crippen LogP contribution is -2.50. The fourth-order valence-corrected chi connectivity index (χ4v) is 4.89. The number of piperazine rings is 1. The number of rotatable bonds is 4. The maximum absolute atomic E-state index is 13.1. The third-order valence-corrected chi connectivity index (χ3v) is 7.18. The zero-order valence-corrected chi connectivity index (χ0v) is 18.3. The van der Waals surface area contributed by atoms with Gasteiger partial charge in [-0.2, -0.15) is 17.5 Å². The normalized spacial score (nSPS) is 15.5. The Bertz CT molecular complexity index is 1130. The van der Waals surface area contributed by atoms with Crippen molar-refractivity contribution in [3.8, 4) is 0 Å². The van der Waals surface area contributed by atoms with E-state index in [0.29, 0.717) is 11.6 Å². The summed E-state index contributed by atoms with van der Waals surface area (Å²) >= 11 is 5.57. The summed E-state index contributed by atoms with van der Waals surface area (Å²) < 4.78 is 70.5. The molecule has 0 spiro atoms. The predicted molar refractivity (Wildman–Crippen MR) is 109 cm³/mol. The van der Waals surface area contributed by atoms with E-state index in [1.165, 1.54) is 36.3 Å². The number of esters is 1. The van der Waals surface area contributed by atoms with Crippen molar-refractivity contribution in [3.63, 3.8) is 0 Å². The van der Waals surface area contributed by atoms with E-state index in [1.807, 2.05) is 0 Å². The largest absolute Gasteiger partial charge is 0.465 e. The van der Waals surface area contributed by atoms with Gasteiger partial charge in [0.1, 0.15) is 0 Å². The van der Waals surface area contributed by atoms with E-state index in [2.05, 4.69) is 4.74 Å². The summed E-state index contributed by atoms with van der Waals surface area (Å²) in [5, 5.41) is -0.593. The van der Waals surface area contributed by atoms with Gasteiger partial charge in [0.05, 0.1) is 28.2 Å². The van der Waals surface area contributed by atoms with Crippen molar-refractivity contribution in [3.05, 3.63) is 64.2 Å². The van der Waals surface area contributed by atoms with E-state index < -0.39 is 37.7 Å². The SMILES string of the molecule is COC(=O)c1ccc(C(=O)N2CCN(S(=O)(=O)c3ccc(Cl)c(C(F)(F)F)c3)CC2)cc1. The summed E-state index contributed by atoms with van der Waals surface area (Å²) in [6.45, 7) is -0.0658. The average molecular weight is 491 g/mol. The van der Waals surface area contributed by atoms with Gasteiger partial charge >= 0.3 is 12.1 Å². The quantitative estimate of drug-likeness (QED) is 0.614. The van der Waals surface area contributed by atoms with Gasteiger partial charge in [0.2, 0.25) is 10.0 Å². The van der Waals surface area contributed by atoms with E-state index in [0.717, 1.165) is 16.4 Å². The van der Waals surface area contributed by atoms with Crippen LogP contribution in [0.1, 0.15) is 26.3 Å². The van der Waals surface area contributed by atoms with Crippen LogP contribution >= 0.6 is 11.6 Å². The van der Waals surface area contributed by atoms with Crippen LogP contribution in [0.4, 0.5) is 13.2 Å². The Labute approximate surface area is 187 Å². The molecular formula is C20H18ClF3N2O5S. The van der Waals surface area contributed by atoms with Gasteiger partial charge in [0, 0.05) is 31.7 Å². The van der Waals surface area contributed by atoms with Crippen LogP contribution in [0.15, 0.2) is 47.4 Å². The number of carbonyl (C=O) groups is 2. The van der Waals surface area contributed by atoms with E-state index in [4.69, 9.17) is 11.6 Å². The molecule has 1 aliphatic rings. The highest BCUT2D eigenvalue weighted by Gasteiger charge is 2.36. The first-order chi connectivity index (χ1) is 14.9. The molecular weight excluding hydrogens is 473 g/mol. The molecule has 32 heavy (non-hydrogen) atoms. The minimum atomic E-state index is -4.79. The first kappa shape index (κ1) is 24.0. The van der Waals surface area contributed by atoms with Crippen LogP contribution in [0.3, 0.4) is 0 Å². The second-order valence-corrected chi connectivity index (χ2v) is 9.25. The molecule has 0 N–H and O–H groups in total. The Morgan fingerprint density at radius 1 is 0.969 bits per heavy atom. The molecule has 1 heterocycles. The zero-order chi connectivity index (χ0) is 23.7. The van der Waals surface area contributed by atoms with Gasteiger partial charge in [0.25, 0.3) is 5.91 Å². The first-order valence-corrected chi connectivity index (χ1v) is 11.1. The first-order valence-electron chi connectivity index (χ1n) is 9.29. The summed E-state index contributed by atoms with van der Waals surface area (Å²) in [5.41, 5.74) is -0.646. The summed E-state index contributed by atoms with van der Waals surface area (Å²) in [4.78, 5) is 25.1. The lowest BCUT2D eigenvalue weighted by atomic mass is 10.1. The molecule has 0 atom stereocenters. The van der Waals surface area contributed by atoms with E-state index in [9.17, 15) is 31.2 Å². The summed E-state index contributed by atoms with van der Waals surface area (Å²) in [6.07, 6.45) is -4.79. The van der Waals surface area contributed by atoms with Gasteiger partial charge in [0.15, 0.2) is 0 Å². The number of ether oxygens (including phenoxy) is 1. The molecule has 1 saturated heterocycles. The second kappa shape index (κ2) is 9.08. The number of benzene rings is 2. The van der Waals surface area contributed by atoms with Gasteiger partial charge in [-0.25, -0.2) is 13.2 Å². The number of nitrogens with zero attached hydrogens (tertiary/aromatic N) is 2. The number of halogens is 4. The zero-order valence-electron chi connectivity index (χ0n) is 16.7. The molecule has 3 rings (SSSR count). The number of hydrogen-bond acceptors (Lipinski definition) is 5. The van der Waals surface area contributed by atoms with Crippen LogP contribution < -0.4 is 0 Å². The van der Waals surface area contributed by atoms with Crippen LogP contribution in [0.5, 0.6) is 0 Å². The van der Waals surface area contributed by atoms with Crippen molar-refractivity contribution in [2.45, 2.75) is 11.1 Å². The molecule has 172 valence electrons. The van der Waals surface area contributed by atoms with Crippen LogP contribution in [-0.2, 0) is 20.9 Å². The number of alkyl halides is 3. The second-order valence-electron chi connectivity index (χ2n) is 6.90. The predicted octanol–water partition coefficient (Wildman–Crippen LogP) is 3.29. The summed E-state index contributed by atoms with van der Waals surface area (Å²) in [7, 11) is -2.97. The molecule has 1 fully saturated rings. The molecule has 0 aliphatic carbocycles. The molecule has 0 aromatic heterocycles. The van der Waals surface area contributed by atoms with Crippen LogP contribution in [0, 0.1) is 0 Å². The van der Waals surface area contributed by atoms with Gasteiger partial charge in [-0.05, 0) is 42.5 Å². The van der Waals surface area contributed by atoms with Crippen LogP contribution in [-0.4, -0.2) is 62.8 Å². The maximum Gasteiger partial charge on any atom is 0.417 e. The fourth-order valence-electron chi connectivity index (χ4n) is 3.21. The Hall–Kier alpha value is -2.63. The Kier molecular flexibility index (Phi) is 6.82. The molecule has 0 radical (unpaired) electrons. The molecule has 0 unspecified atom stereocenters.